The van der Waals surface area contributed by atoms with Gasteiger partial charge in [-0.1, -0.05) is 48.5 Å². The summed E-state index contributed by atoms with van der Waals surface area (Å²) in [6.45, 7) is 0.628. The number of imide groups is 1. The third-order valence-electron chi connectivity index (χ3n) is 5.89. The molecule has 1 heterocycles. The van der Waals surface area contributed by atoms with Gasteiger partial charge in [0.1, 0.15) is 0 Å². The average Bonchev–Trinajstić information content (AvgIpc) is 2.88. The van der Waals surface area contributed by atoms with E-state index in [2.05, 4.69) is 24.3 Å². The van der Waals surface area contributed by atoms with Crippen molar-refractivity contribution in [2.75, 3.05) is 13.1 Å². The predicted molar refractivity (Wildman–Crippen MR) is 89.3 cm³/mol. The third-order valence-corrected chi connectivity index (χ3v) is 5.89. The normalized spacial score (nSPS) is 29.5. The maximum Gasteiger partial charge on any atom is 0.234 e. The highest BCUT2D eigenvalue weighted by atomic mass is 16.2. The van der Waals surface area contributed by atoms with Gasteiger partial charge in [0.05, 0.1) is 11.8 Å². The van der Waals surface area contributed by atoms with Crippen LogP contribution in [0.25, 0.3) is 0 Å². The van der Waals surface area contributed by atoms with Crippen molar-refractivity contribution in [1.29, 1.82) is 0 Å². The molecule has 2 aromatic rings. The Morgan fingerprint density at radius 1 is 0.750 bits per heavy atom. The molecule has 2 unspecified atom stereocenters. The number of rotatable bonds is 2. The Morgan fingerprint density at radius 2 is 1.12 bits per heavy atom. The van der Waals surface area contributed by atoms with E-state index in [0.29, 0.717) is 13.1 Å². The number of benzene rings is 2. The Labute approximate surface area is 140 Å². The molecule has 2 N–H and O–H groups in total. The third kappa shape index (κ3) is 1.52. The van der Waals surface area contributed by atoms with Crippen molar-refractivity contribution >= 4 is 11.8 Å². The Bertz CT molecular complexity index is 760. The Morgan fingerprint density at radius 3 is 1.46 bits per heavy atom. The summed E-state index contributed by atoms with van der Waals surface area (Å²) in [5.41, 5.74) is 10.5. The van der Waals surface area contributed by atoms with Gasteiger partial charge in [-0.15, -0.1) is 0 Å². The highest BCUT2D eigenvalue weighted by molar-refractivity contribution is 6.07. The molecule has 2 aromatic carbocycles. The van der Waals surface area contributed by atoms with Crippen molar-refractivity contribution < 1.29 is 9.59 Å². The molecule has 2 amide bonds. The summed E-state index contributed by atoms with van der Waals surface area (Å²) >= 11 is 0. The molecule has 4 aliphatic rings. The van der Waals surface area contributed by atoms with Gasteiger partial charge in [0.15, 0.2) is 0 Å². The number of hydrogen-bond acceptors (Lipinski definition) is 3. The maximum absolute atomic E-state index is 13.0. The van der Waals surface area contributed by atoms with Gasteiger partial charge in [0.25, 0.3) is 0 Å². The van der Waals surface area contributed by atoms with Crippen molar-refractivity contribution in [2.45, 2.75) is 11.8 Å². The van der Waals surface area contributed by atoms with Crippen LogP contribution in [0.5, 0.6) is 0 Å². The quantitative estimate of drug-likeness (QED) is 0.859. The van der Waals surface area contributed by atoms with E-state index < -0.39 is 0 Å². The van der Waals surface area contributed by atoms with Crippen molar-refractivity contribution in [3.63, 3.8) is 0 Å². The zero-order valence-electron chi connectivity index (χ0n) is 13.2. The molecule has 3 aliphatic carbocycles. The van der Waals surface area contributed by atoms with Gasteiger partial charge in [-0.3, -0.25) is 14.5 Å². The van der Waals surface area contributed by atoms with Gasteiger partial charge in [-0.2, -0.15) is 0 Å². The van der Waals surface area contributed by atoms with Gasteiger partial charge in [0, 0.05) is 24.9 Å². The van der Waals surface area contributed by atoms with E-state index in [0.717, 1.165) is 0 Å². The van der Waals surface area contributed by atoms with Crippen molar-refractivity contribution in [2.24, 2.45) is 17.6 Å². The van der Waals surface area contributed by atoms with Crippen LogP contribution < -0.4 is 5.73 Å². The van der Waals surface area contributed by atoms with Crippen LogP contribution in [0.1, 0.15) is 34.1 Å². The minimum Gasteiger partial charge on any atom is -0.329 e. The van der Waals surface area contributed by atoms with Crippen molar-refractivity contribution in [3.05, 3.63) is 70.8 Å². The molecule has 4 nitrogen and oxygen atoms in total. The van der Waals surface area contributed by atoms with Crippen LogP contribution in [-0.4, -0.2) is 29.8 Å². The van der Waals surface area contributed by atoms with Crippen molar-refractivity contribution in [3.8, 4) is 0 Å². The smallest absolute Gasteiger partial charge is 0.234 e. The summed E-state index contributed by atoms with van der Waals surface area (Å²) in [7, 11) is 0. The van der Waals surface area contributed by atoms with Crippen LogP contribution in [0.15, 0.2) is 48.5 Å². The number of likely N-dealkylation sites (tertiary alicyclic amines) is 1. The molecule has 1 fully saturated rings. The molecule has 4 heteroatoms. The molecule has 0 spiro atoms. The van der Waals surface area contributed by atoms with E-state index in [4.69, 9.17) is 5.73 Å². The summed E-state index contributed by atoms with van der Waals surface area (Å²) in [5.74, 6) is -0.695. The molecule has 2 atom stereocenters. The number of nitrogens with two attached hydrogens (primary N) is 1. The van der Waals surface area contributed by atoms with E-state index in [1.165, 1.54) is 27.2 Å². The fraction of sp³-hybridized carbons (Fsp3) is 0.300. The SMILES string of the molecule is NCCN1C(=O)C2C3c4ccccc4C(c4ccccc43)C2C1=O. The van der Waals surface area contributed by atoms with E-state index in [-0.39, 0.29) is 35.5 Å². The van der Waals surface area contributed by atoms with Gasteiger partial charge < -0.3 is 5.73 Å². The molecule has 120 valence electrons. The summed E-state index contributed by atoms with van der Waals surface area (Å²) in [5, 5.41) is 0. The van der Waals surface area contributed by atoms with Gasteiger partial charge in [0.2, 0.25) is 11.8 Å². The number of carbonyl (C=O) groups excluding carboxylic acids is 2. The Hall–Kier alpha value is -2.46. The minimum atomic E-state index is -0.279. The molecule has 2 bridgehead atoms. The van der Waals surface area contributed by atoms with E-state index in [9.17, 15) is 9.59 Å². The molecule has 1 saturated heterocycles. The highest BCUT2D eigenvalue weighted by Crippen LogP contribution is 2.60. The first-order valence-corrected chi connectivity index (χ1v) is 8.47. The molecule has 0 saturated carbocycles. The fourth-order valence-corrected chi connectivity index (χ4v) is 5.09. The first kappa shape index (κ1) is 13.9. The second-order valence-corrected chi connectivity index (χ2v) is 6.88. The van der Waals surface area contributed by atoms with Crippen LogP contribution in [0.4, 0.5) is 0 Å². The van der Waals surface area contributed by atoms with E-state index in [1.54, 1.807) is 0 Å². The summed E-state index contributed by atoms with van der Waals surface area (Å²) in [6.07, 6.45) is 0. The average molecular weight is 318 g/mol. The van der Waals surface area contributed by atoms with Crippen LogP contribution in [0, 0.1) is 11.8 Å². The number of hydrogen-bond donors (Lipinski definition) is 1. The Balaban J connectivity index is 1.77. The second kappa shape index (κ2) is 4.77. The standard InChI is InChI=1S/C20H18N2O2/c21-9-10-22-19(23)17-15-11-5-1-2-6-12(11)16(18(17)20(22)24)14-8-4-3-7-13(14)15/h1-8,15-18H,9-10,21H2. The zero-order valence-corrected chi connectivity index (χ0v) is 13.2. The monoisotopic (exact) mass is 318 g/mol. The minimum absolute atomic E-state index is 0.0216. The summed E-state index contributed by atoms with van der Waals surface area (Å²) in [4.78, 5) is 27.4. The number of carbonyl (C=O) groups is 2. The molecule has 24 heavy (non-hydrogen) atoms. The van der Waals surface area contributed by atoms with Gasteiger partial charge in [-0.25, -0.2) is 0 Å². The molecule has 6 rings (SSSR count). The lowest BCUT2D eigenvalue weighted by atomic mass is 9.55. The lowest BCUT2D eigenvalue weighted by molar-refractivity contribution is -0.139. The van der Waals surface area contributed by atoms with Crippen LogP contribution >= 0.6 is 0 Å². The molecule has 0 radical (unpaired) electrons. The first-order valence-electron chi connectivity index (χ1n) is 8.47. The fourth-order valence-electron chi connectivity index (χ4n) is 5.09. The van der Waals surface area contributed by atoms with E-state index in [1.807, 2.05) is 24.3 Å². The van der Waals surface area contributed by atoms with Crippen molar-refractivity contribution in [1.82, 2.24) is 4.90 Å². The molecule has 1 aliphatic heterocycles. The topological polar surface area (TPSA) is 63.4 Å². The van der Waals surface area contributed by atoms with Crippen LogP contribution in [-0.2, 0) is 9.59 Å². The number of nitrogens with zero attached hydrogens (tertiary/aromatic N) is 1. The lowest BCUT2D eigenvalue weighted by Crippen LogP contribution is -2.41. The summed E-state index contributed by atoms with van der Waals surface area (Å²) in [6, 6.07) is 16.5. The first-order chi connectivity index (χ1) is 11.7. The van der Waals surface area contributed by atoms with Gasteiger partial charge >= 0.3 is 0 Å². The maximum atomic E-state index is 13.0. The zero-order chi connectivity index (χ0) is 16.4. The van der Waals surface area contributed by atoms with Gasteiger partial charge in [-0.05, 0) is 22.3 Å². The van der Waals surface area contributed by atoms with E-state index >= 15 is 0 Å². The molecular weight excluding hydrogens is 300 g/mol. The van der Waals surface area contributed by atoms with Crippen LogP contribution in [0.2, 0.25) is 0 Å². The van der Waals surface area contributed by atoms with Crippen LogP contribution in [0.3, 0.4) is 0 Å². The molecular formula is C20H18N2O2. The predicted octanol–water partition coefficient (Wildman–Crippen LogP) is 1.84. The number of amides is 2. The summed E-state index contributed by atoms with van der Waals surface area (Å²) < 4.78 is 0. The Kier molecular flexibility index (Phi) is 2.77. The largest absolute Gasteiger partial charge is 0.329 e. The second-order valence-electron chi connectivity index (χ2n) is 6.88. The molecule has 0 aromatic heterocycles. The lowest BCUT2D eigenvalue weighted by Gasteiger charge is -2.45. The highest BCUT2D eigenvalue weighted by Gasteiger charge is 2.61.